The van der Waals surface area contributed by atoms with E-state index in [-0.39, 0.29) is 75.2 Å². The lowest BCUT2D eigenvalue weighted by molar-refractivity contribution is -0.141. The molecule has 0 aromatic heterocycles. The number of aliphatic carboxylic acids is 1. The Morgan fingerprint density at radius 1 is 0.747 bits per heavy atom. The Morgan fingerprint density at radius 2 is 1.40 bits per heavy atom. The Morgan fingerprint density at radius 3 is 2.03 bits per heavy atom. The number of urea groups is 1. The number of benzene rings is 4. The zero-order valence-electron chi connectivity index (χ0n) is 52.0. The lowest BCUT2D eigenvalue weighted by Gasteiger charge is -2.40. The van der Waals surface area contributed by atoms with Crippen molar-refractivity contribution in [2.45, 2.75) is 150 Å². The molecule has 5 atom stereocenters. The smallest absolute Gasteiger partial charge is 0.407 e. The molecular weight excluding hydrogens is 1110 g/mol. The molecule has 0 saturated heterocycles. The third kappa shape index (κ3) is 19.8. The summed E-state index contributed by atoms with van der Waals surface area (Å²) in [6, 6.07) is 23.6. The number of anilines is 2. The number of carbonyl (C=O) groups excluding carboxylic acids is 8. The Bertz CT molecular complexity index is 3230. The van der Waals surface area contributed by atoms with Crippen molar-refractivity contribution in [1.29, 1.82) is 0 Å². The van der Waals surface area contributed by atoms with Crippen LogP contribution < -0.4 is 47.9 Å². The first-order valence-corrected chi connectivity index (χ1v) is 29.2. The molecule has 9 amide bonds. The first-order chi connectivity index (χ1) is 41.0. The Hall–Kier alpha value is -9.03. The number of nitrogens with one attached hydrogen (secondary N) is 7. The summed E-state index contributed by atoms with van der Waals surface area (Å²) in [7, 11) is 3.27. The molecule has 0 spiro atoms. The summed E-state index contributed by atoms with van der Waals surface area (Å²) in [5, 5.41) is 29.3. The molecule has 21 heteroatoms. The maximum Gasteiger partial charge on any atom is 0.407 e. The van der Waals surface area contributed by atoms with Gasteiger partial charge >= 0.3 is 18.1 Å². The molecule has 21 nitrogen and oxygen atoms in total. The van der Waals surface area contributed by atoms with Gasteiger partial charge in [0.1, 0.15) is 24.7 Å². The van der Waals surface area contributed by atoms with Gasteiger partial charge in [-0.25, -0.2) is 14.4 Å². The fourth-order valence-electron chi connectivity index (χ4n) is 10.1. The van der Waals surface area contributed by atoms with E-state index in [1.54, 1.807) is 63.2 Å². The quantitative estimate of drug-likeness (QED) is 0.0170. The Labute approximate surface area is 510 Å². The highest BCUT2D eigenvalue weighted by molar-refractivity contribution is 6.00. The average molecular weight is 1200 g/mol. The molecule has 0 radical (unpaired) electrons. The highest BCUT2D eigenvalue weighted by atomic mass is 16.5. The number of carboxylic acid groups (broad SMARTS) is 1. The summed E-state index contributed by atoms with van der Waals surface area (Å²) in [6.45, 7) is 18.5. The second kappa shape index (κ2) is 31.4. The van der Waals surface area contributed by atoms with Crippen LogP contribution in [0.4, 0.5) is 21.0 Å². The molecule has 1 aliphatic rings. The zero-order valence-corrected chi connectivity index (χ0v) is 52.0. The third-order valence-corrected chi connectivity index (χ3v) is 15.2. The van der Waals surface area contributed by atoms with E-state index in [0.29, 0.717) is 22.5 Å². The number of ether oxygens (including phenoxy) is 1. The average Bonchev–Trinajstić information content (AvgIpc) is 1.57. The van der Waals surface area contributed by atoms with Gasteiger partial charge in [-0.2, -0.15) is 0 Å². The minimum Gasteiger partial charge on any atom is -0.478 e. The molecule has 1 aliphatic heterocycles. The van der Waals surface area contributed by atoms with Gasteiger partial charge in [-0.05, 0) is 96.6 Å². The van der Waals surface area contributed by atoms with Crippen molar-refractivity contribution in [3.8, 4) is 11.8 Å². The van der Waals surface area contributed by atoms with Crippen LogP contribution in [0.5, 0.6) is 0 Å². The van der Waals surface area contributed by atoms with Gasteiger partial charge in [0, 0.05) is 60.8 Å². The van der Waals surface area contributed by atoms with E-state index >= 15 is 0 Å². The molecule has 5 rings (SSSR count). The van der Waals surface area contributed by atoms with E-state index in [0.717, 1.165) is 22.3 Å². The molecule has 0 saturated carbocycles. The van der Waals surface area contributed by atoms with Gasteiger partial charge in [0.2, 0.25) is 35.4 Å². The van der Waals surface area contributed by atoms with Gasteiger partial charge in [0.05, 0.1) is 24.3 Å². The third-order valence-electron chi connectivity index (χ3n) is 15.2. The number of alkyl carbamates (subject to hydrolysis) is 1. The molecule has 0 aliphatic carbocycles. The highest BCUT2D eigenvalue weighted by Gasteiger charge is 2.42. The van der Waals surface area contributed by atoms with Crippen LogP contribution in [-0.2, 0) is 63.4 Å². The first-order valence-electron chi connectivity index (χ1n) is 29.2. The van der Waals surface area contributed by atoms with Crippen LogP contribution in [0.25, 0.3) is 0 Å². The fourth-order valence-corrected chi connectivity index (χ4v) is 10.1. The van der Waals surface area contributed by atoms with Gasteiger partial charge in [-0.3, -0.25) is 28.8 Å². The second-order valence-electron chi connectivity index (χ2n) is 24.1. The van der Waals surface area contributed by atoms with Crippen molar-refractivity contribution in [2.75, 3.05) is 30.9 Å². The summed E-state index contributed by atoms with van der Waals surface area (Å²) >= 11 is 0. The first kappa shape index (κ1) is 68.7. The predicted octanol–water partition coefficient (Wildman–Crippen LogP) is 6.76. The predicted molar refractivity (Wildman–Crippen MR) is 333 cm³/mol. The van der Waals surface area contributed by atoms with E-state index in [1.807, 2.05) is 121 Å². The summed E-state index contributed by atoms with van der Waals surface area (Å²) in [5.74, 6) is 1.92. The molecular formula is C66H86N10O11. The van der Waals surface area contributed by atoms with Crippen LogP contribution in [-0.4, -0.2) is 114 Å². The normalized spacial score (nSPS) is 13.9. The van der Waals surface area contributed by atoms with Gasteiger partial charge < -0.3 is 62.6 Å². The largest absolute Gasteiger partial charge is 0.478 e. The second-order valence-corrected chi connectivity index (χ2v) is 24.1. The molecule has 10 N–H and O–H groups in total. The van der Waals surface area contributed by atoms with Crippen molar-refractivity contribution in [1.82, 2.24) is 36.8 Å². The van der Waals surface area contributed by atoms with Crippen LogP contribution >= 0.6 is 0 Å². The number of nitrogens with zero attached hydrogens (tertiary/aromatic N) is 2. The van der Waals surface area contributed by atoms with Crippen molar-refractivity contribution in [3.05, 3.63) is 142 Å². The lowest BCUT2D eigenvalue weighted by atomic mass is 9.76. The van der Waals surface area contributed by atoms with E-state index in [9.17, 15) is 48.3 Å². The topological polar surface area (TPSA) is 300 Å². The maximum atomic E-state index is 14.2. The van der Waals surface area contributed by atoms with E-state index < -0.39 is 88.7 Å². The maximum absolute atomic E-state index is 14.2. The van der Waals surface area contributed by atoms with Gasteiger partial charge in [-0.1, -0.05) is 147 Å². The van der Waals surface area contributed by atoms with Crippen molar-refractivity contribution in [3.63, 3.8) is 0 Å². The molecule has 4 aromatic rings. The van der Waals surface area contributed by atoms with Crippen LogP contribution in [0.15, 0.2) is 109 Å². The van der Waals surface area contributed by atoms with Crippen molar-refractivity contribution >= 4 is 64.9 Å². The van der Waals surface area contributed by atoms with Crippen molar-refractivity contribution in [2.24, 2.45) is 23.0 Å². The minimum atomic E-state index is -1.12. The number of nitrogens with two attached hydrogens (primary N) is 1. The number of rotatable bonds is 27. The van der Waals surface area contributed by atoms with Crippen LogP contribution in [0.3, 0.4) is 0 Å². The summed E-state index contributed by atoms with van der Waals surface area (Å²) in [6.07, 6.45) is 0.835. The summed E-state index contributed by atoms with van der Waals surface area (Å²) < 4.78 is 5.52. The molecule has 466 valence electrons. The van der Waals surface area contributed by atoms with Gasteiger partial charge in [0.25, 0.3) is 0 Å². The number of hydrogen-bond acceptors (Lipinski definition) is 11. The van der Waals surface area contributed by atoms with E-state index in [2.05, 4.69) is 49.1 Å². The number of carbonyl (C=O) groups is 9. The van der Waals surface area contributed by atoms with E-state index in [1.165, 1.54) is 11.8 Å². The Balaban J connectivity index is 1.16. The molecule has 0 fully saturated rings. The Kier molecular flexibility index (Phi) is 24.8. The number of para-hydroxylation sites is 1. The standard InChI is InChI=1S/C66H86N10O11/c1-40(2)52(35-42(5)62(83)84)75(12)61(82)57(65(6,7)8)74-60(81)56(68-11)66(9,10)48-23-17-19-44(36-48)37-70-64(86)87-39-43-26-30-49(31-27-43)71-58(79)50(24-18-34-69-63(67)85)72-59(80)55(41(3)4)73-53(77)32-33-54(78)76-38-47-22-14-13-20-45(47)28-29-46-21-15-16-25-51(46)76/h13-17,19-23,25-27,30-31,35-36,40-41,50,52,55-57,68H,18,24,32-34,37-39H2,1-12H3,(H,70,86)(H,71,79)(H,72,80)(H,73,77)(H,74,81)(H,83,84)(H3,67,69,85)/b42-35+/t50-,52+,55-,56-,57+/m0/s1. The lowest BCUT2D eigenvalue weighted by Crippen LogP contribution is -2.61. The monoisotopic (exact) mass is 1190 g/mol. The number of primary amides is 1. The highest BCUT2D eigenvalue weighted by Crippen LogP contribution is 2.31. The number of carboxylic acids is 1. The number of amides is 9. The SMILES string of the molecule is CN[C@@H](C(=O)N[C@H](C(=O)N(C)[C@H](/C=C(\C)C(=O)O)C(C)C)C(C)(C)C)C(C)(C)c1cccc(CNC(=O)OCc2ccc(NC(=O)[C@H](CCCNC(N)=O)NC(=O)[C@@H](NC(=O)CCC(=O)N3Cc4ccccc4C#Cc4ccccc43)C(C)C)cc2)c1. The summed E-state index contributed by atoms with van der Waals surface area (Å²) in [5.41, 5.74) is 9.25. The summed E-state index contributed by atoms with van der Waals surface area (Å²) in [4.78, 5) is 123. The number of likely N-dealkylation sites (N-methyl/N-ethyl adjacent to an activating group) is 2. The van der Waals surface area contributed by atoms with Gasteiger partial charge in [-0.15, -0.1) is 0 Å². The zero-order chi connectivity index (χ0) is 64.3. The minimum absolute atomic E-state index is 0.0876. The number of hydrogen-bond donors (Lipinski definition) is 9. The molecule has 0 bridgehead atoms. The van der Waals surface area contributed by atoms with E-state index in [4.69, 9.17) is 10.5 Å². The molecule has 0 unspecified atom stereocenters. The van der Waals surface area contributed by atoms with Crippen LogP contribution in [0.1, 0.15) is 128 Å². The van der Waals surface area contributed by atoms with Crippen LogP contribution in [0.2, 0.25) is 0 Å². The molecule has 4 aromatic carbocycles. The molecule has 87 heavy (non-hydrogen) atoms. The van der Waals surface area contributed by atoms with Crippen molar-refractivity contribution < 1.29 is 53.0 Å². The fraction of sp³-hybridized carbons (Fsp3) is 0.439. The molecule has 1 heterocycles. The van der Waals surface area contributed by atoms with Gasteiger partial charge in [0.15, 0.2) is 0 Å². The number of fused-ring (bicyclic) bond motifs is 2. The van der Waals surface area contributed by atoms with Crippen LogP contribution in [0, 0.1) is 29.1 Å².